The van der Waals surface area contributed by atoms with Crippen molar-refractivity contribution in [3.05, 3.63) is 64.2 Å². The summed E-state index contributed by atoms with van der Waals surface area (Å²) in [5, 5.41) is 10.0. The van der Waals surface area contributed by atoms with Crippen LogP contribution in [0.3, 0.4) is 0 Å². The first-order valence-corrected chi connectivity index (χ1v) is 10.9. The van der Waals surface area contributed by atoms with E-state index in [9.17, 15) is 40.2 Å². The van der Waals surface area contributed by atoms with E-state index in [1.807, 2.05) is 6.92 Å². The molecule has 0 aliphatic rings. The van der Waals surface area contributed by atoms with Gasteiger partial charge in [-0.3, -0.25) is 4.90 Å². The van der Waals surface area contributed by atoms with Crippen molar-refractivity contribution < 1.29 is 45.0 Å². The lowest BCUT2D eigenvalue weighted by molar-refractivity contribution is -0.289. The van der Waals surface area contributed by atoms with Crippen LogP contribution in [0.15, 0.2) is 42.5 Å². The van der Waals surface area contributed by atoms with Crippen LogP contribution in [-0.4, -0.2) is 48.2 Å². The van der Waals surface area contributed by atoms with Crippen LogP contribution in [0.25, 0.3) is 0 Å². The van der Waals surface area contributed by atoms with E-state index in [4.69, 9.17) is 16.3 Å². The van der Waals surface area contributed by atoms with Crippen molar-refractivity contribution in [1.29, 1.82) is 0 Å². The van der Waals surface area contributed by atoms with E-state index in [0.717, 1.165) is 17.7 Å². The summed E-state index contributed by atoms with van der Waals surface area (Å²) in [6, 6.07) is 8.17. The molecule has 0 aliphatic carbocycles. The Morgan fingerprint density at radius 2 is 1.60 bits per heavy atom. The zero-order valence-electron chi connectivity index (χ0n) is 18.6. The van der Waals surface area contributed by atoms with Gasteiger partial charge in [-0.2, -0.15) is 35.1 Å². The number of benzene rings is 2. The summed E-state index contributed by atoms with van der Waals surface area (Å²) in [6.45, 7) is 1.03. The molecule has 0 bridgehead atoms. The average molecular weight is 534 g/mol. The van der Waals surface area contributed by atoms with Crippen molar-refractivity contribution in [2.75, 3.05) is 19.7 Å². The maximum absolute atomic E-state index is 13.5. The summed E-state index contributed by atoms with van der Waals surface area (Å²) in [5.74, 6) is -4.54. The first-order valence-electron chi connectivity index (χ1n) is 10.6. The minimum Gasteiger partial charge on any atom is -0.494 e. The van der Waals surface area contributed by atoms with Gasteiger partial charge < -0.3 is 9.84 Å². The minimum atomic E-state index is -5.78. The topological polar surface area (TPSA) is 32.7 Å². The third kappa shape index (κ3) is 8.22. The van der Waals surface area contributed by atoms with Crippen LogP contribution in [0.1, 0.15) is 30.0 Å². The Bertz CT molecular complexity index is 948. The lowest BCUT2D eigenvalue weighted by Crippen LogP contribution is -2.41. The maximum atomic E-state index is 13.5. The molecule has 0 fully saturated rings. The van der Waals surface area contributed by atoms with E-state index >= 15 is 0 Å². The number of aryl methyl sites for hydroxylation is 1. The van der Waals surface area contributed by atoms with Gasteiger partial charge in [0.15, 0.2) is 6.10 Å². The summed E-state index contributed by atoms with van der Waals surface area (Å²) in [7, 11) is 0. The van der Waals surface area contributed by atoms with Gasteiger partial charge in [-0.25, -0.2) is 0 Å². The predicted molar refractivity (Wildman–Crippen MR) is 115 cm³/mol. The highest BCUT2D eigenvalue weighted by Crippen LogP contribution is 2.43. The molecular weight excluding hydrogens is 510 g/mol. The van der Waals surface area contributed by atoms with E-state index in [1.165, 1.54) is 4.90 Å². The van der Waals surface area contributed by atoms with Crippen LogP contribution in [-0.2, 0) is 18.9 Å². The lowest BCUT2D eigenvalue weighted by Gasteiger charge is -2.26. The highest BCUT2D eigenvalue weighted by atomic mass is 35.5. The highest BCUT2D eigenvalue weighted by molar-refractivity contribution is 6.31. The van der Waals surface area contributed by atoms with Gasteiger partial charge in [0.2, 0.25) is 0 Å². The van der Waals surface area contributed by atoms with Crippen LogP contribution in [0.2, 0.25) is 5.02 Å². The van der Waals surface area contributed by atoms with Crippen LogP contribution in [0.4, 0.5) is 35.1 Å². The molecule has 1 unspecified atom stereocenters. The van der Waals surface area contributed by atoms with E-state index in [0.29, 0.717) is 29.3 Å². The largest absolute Gasteiger partial charge is 0.494 e. The van der Waals surface area contributed by atoms with E-state index in [1.54, 1.807) is 18.2 Å². The second-order valence-corrected chi connectivity index (χ2v) is 8.28. The normalized spacial score (nSPS) is 13.8. The fourth-order valence-corrected chi connectivity index (χ4v) is 3.47. The molecule has 1 atom stereocenters. The number of aliphatic hydroxyl groups excluding tert-OH is 1. The zero-order chi connectivity index (χ0) is 26.4. The maximum Gasteiger partial charge on any atom is 0.458 e. The molecule has 0 radical (unpaired) electrons. The molecule has 0 heterocycles. The zero-order valence-corrected chi connectivity index (χ0v) is 19.3. The van der Waals surface area contributed by atoms with E-state index < -0.39 is 36.5 Å². The Morgan fingerprint density at radius 3 is 2.14 bits per heavy atom. The number of rotatable bonds is 11. The summed E-state index contributed by atoms with van der Waals surface area (Å²) in [5.41, 5.74) is -0.218. The number of halogens is 9. The molecule has 0 saturated heterocycles. The molecular formula is C23H24ClF8NO2. The Labute approximate surface area is 202 Å². The highest BCUT2D eigenvalue weighted by Gasteiger charge is 2.58. The molecule has 35 heavy (non-hydrogen) atoms. The summed E-state index contributed by atoms with van der Waals surface area (Å²) >= 11 is 6.04. The Morgan fingerprint density at radius 1 is 0.971 bits per heavy atom. The van der Waals surface area contributed by atoms with Gasteiger partial charge in [-0.1, -0.05) is 42.8 Å². The molecule has 0 saturated carbocycles. The molecule has 0 amide bonds. The molecule has 196 valence electrons. The molecule has 1 N–H and O–H groups in total. The Hall–Kier alpha value is -2.11. The lowest BCUT2D eigenvalue weighted by atomic mass is 10.1. The average Bonchev–Trinajstić information content (AvgIpc) is 2.76. The number of hydrogen-bond donors (Lipinski definition) is 1. The third-order valence-corrected chi connectivity index (χ3v) is 5.54. The monoisotopic (exact) mass is 533 g/mol. The number of nitrogens with zero attached hydrogens (tertiary/aromatic N) is 1. The Balaban J connectivity index is 2.05. The van der Waals surface area contributed by atoms with Crippen molar-refractivity contribution >= 4 is 11.6 Å². The van der Waals surface area contributed by atoms with Crippen LogP contribution >= 0.6 is 11.6 Å². The van der Waals surface area contributed by atoms with Gasteiger partial charge in [0.05, 0.1) is 6.61 Å². The fraction of sp³-hybridized carbons (Fsp3) is 0.478. The van der Waals surface area contributed by atoms with Crippen molar-refractivity contribution in [3.8, 4) is 5.75 Å². The van der Waals surface area contributed by atoms with Crippen LogP contribution in [0.5, 0.6) is 5.75 Å². The first kappa shape index (κ1) is 29.1. The summed E-state index contributed by atoms with van der Waals surface area (Å²) in [6.07, 6.45) is -12.4. The molecule has 12 heteroatoms. The molecule has 2 rings (SSSR count). The Kier molecular flexibility index (Phi) is 9.78. The van der Waals surface area contributed by atoms with Gasteiger partial charge in [0, 0.05) is 30.2 Å². The van der Waals surface area contributed by atoms with Gasteiger partial charge in [-0.15, -0.1) is 0 Å². The number of alkyl halides is 8. The SMILES string of the molecule is CCc1cc(OCCCN(Cc2ccc(C(F)(F)C(F)(F)F)cc2)CC(O)C(F)(F)F)ccc1Cl. The molecule has 0 aliphatic heterocycles. The predicted octanol–water partition coefficient (Wildman–Crippen LogP) is 6.75. The number of aliphatic hydroxyl groups is 1. The van der Waals surface area contributed by atoms with Crippen LogP contribution in [0, 0.1) is 0 Å². The van der Waals surface area contributed by atoms with Crippen molar-refractivity contribution in [2.24, 2.45) is 0 Å². The van der Waals surface area contributed by atoms with Crippen molar-refractivity contribution in [1.82, 2.24) is 4.90 Å². The van der Waals surface area contributed by atoms with Crippen LogP contribution < -0.4 is 4.74 Å². The smallest absolute Gasteiger partial charge is 0.458 e. The summed E-state index contributed by atoms with van der Waals surface area (Å²) in [4.78, 5) is 1.22. The number of hydrogen-bond acceptors (Lipinski definition) is 3. The second kappa shape index (κ2) is 11.7. The van der Waals surface area contributed by atoms with Crippen molar-refractivity contribution in [3.63, 3.8) is 0 Å². The molecule has 0 aromatic heterocycles. The van der Waals surface area contributed by atoms with Gasteiger partial charge >= 0.3 is 18.3 Å². The van der Waals surface area contributed by atoms with Gasteiger partial charge in [0.25, 0.3) is 0 Å². The second-order valence-electron chi connectivity index (χ2n) is 7.87. The van der Waals surface area contributed by atoms with Gasteiger partial charge in [0.1, 0.15) is 5.75 Å². The van der Waals surface area contributed by atoms with Crippen molar-refractivity contribution in [2.45, 2.75) is 50.7 Å². The first-order chi connectivity index (χ1) is 16.1. The molecule has 3 nitrogen and oxygen atoms in total. The standard InChI is InChI=1S/C23H24ClF8NO2/c1-2-16-12-18(8-9-19(16)24)35-11-3-10-33(14-20(34)22(27,28)29)13-15-4-6-17(7-5-15)21(25,26)23(30,31)32/h4-9,12,20,34H,2-3,10-11,13-14H2,1H3. The van der Waals surface area contributed by atoms with Gasteiger partial charge in [-0.05, 0) is 42.2 Å². The van der Waals surface area contributed by atoms with E-state index in [-0.39, 0.29) is 31.7 Å². The number of ether oxygens (including phenoxy) is 1. The van der Waals surface area contributed by atoms with E-state index in [2.05, 4.69) is 0 Å². The molecule has 2 aromatic rings. The fourth-order valence-electron chi connectivity index (χ4n) is 3.21. The summed E-state index contributed by atoms with van der Waals surface area (Å²) < 4.78 is 109. The molecule has 2 aromatic carbocycles. The third-order valence-electron chi connectivity index (χ3n) is 5.17. The molecule has 0 spiro atoms. The minimum absolute atomic E-state index is 0.0296. The quantitative estimate of drug-likeness (QED) is 0.256.